The number of rotatable bonds is 4. The molecular weight excluding hydrogens is 356 g/mol. The Kier molecular flexibility index (Phi) is 4.78. The molecule has 0 aromatic heterocycles. The monoisotopic (exact) mass is 374 g/mol. The molecular formula is C19H19ClN2O4. The van der Waals surface area contributed by atoms with Gasteiger partial charge in [-0.3, -0.25) is 9.59 Å². The van der Waals surface area contributed by atoms with Crippen molar-refractivity contribution >= 4 is 34.8 Å². The summed E-state index contributed by atoms with van der Waals surface area (Å²) >= 11 is 5.93. The lowest BCUT2D eigenvalue weighted by Crippen LogP contribution is -2.41. The molecule has 2 amide bonds. The molecule has 0 saturated carbocycles. The van der Waals surface area contributed by atoms with Gasteiger partial charge in [-0.15, -0.1) is 0 Å². The Labute approximate surface area is 156 Å². The fourth-order valence-electron chi connectivity index (χ4n) is 2.41. The zero-order valence-corrected chi connectivity index (χ0v) is 15.4. The maximum Gasteiger partial charge on any atom is 0.239 e. The maximum atomic E-state index is 12.6. The number of carbonyl (C=O) groups is 2. The smallest absolute Gasteiger partial charge is 0.239 e. The van der Waals surface area contributed by atoms with E-state index in [9.17, 15) is 9.59 Å². The number of carbonyl (C=O) groups excluding carboxylic acids is 2. The lowest BCUT2D eigenvalue weighted by atomic mass is 9.90. The Morgan fingerprint density at radius 3 is 2.42 bits per heavy atom. The van der Waals surface area contributed by atoms with Crippen LogP contribution in [0.25, 0.3) is 0 Å². The first-order chi connectivity index (χ1) is 12.3. The van der Waals surface area contributed by atoms with Crippen LogP contribution in [0.2, 0.25) is 5.02 Å². The highest BCUT2D eigenvalue weighted by atomic mass is 35.5. The van der Waals surface area contributed by atoms with E-state index in [0.717, 1.165) is 5.56 Å². The van der Waals surface area contributed by atoms with Gasteiger partial charge in [-0.1, -0.05) is 11.6 Å². The van der Waals surface area contributed by atoms with Crippen LogP contribution < -0.4 is 20.1 Å². The van der Waals surface area contributed by atoms with Crippen molar-refractivity contribution in [1.29, 1.82) is 0 Å². The highest BCUT2D eigenvalue weighted by Crippen LogP contribution is 2.34. The Morgan fingerprint density at radius 1 is 1.00 bits per heavy atom. The summed E-state index contributed by atoms with van der Waals surface area (Å²) in [6.07, 6.45) is 0. The second-order valence-corrected chi connectivity index (χ2v) is 7.00. The molecule has 6 nitrogen and oxygen atoms in total. The van der Waals surface area contributed by atoms with Gasteiger partial charge in [0.2, 0.25) is 18.6 Å². The van der Waals surface area contributed by atoms with Crippen molar-refractivity contribution in [3.8, 4) is 11.5 Å². The van der Waals surface area contributed by atoms with Crippen LogP contribution in [0.4, 0.5) is 11.4 Å². The molecule has 3 rings (SSSR count). The number of anilines is 2. The van der Waals surface area contributed by atoms with E-state index in [1.165, 1.54) is 0 Å². The molecule has 26 heavy (non-hydrogen) atoms. The third-order valence-electron chi connectivity index (χ3n) is 4.20. The lowest BCUT2D eigenvalue weighted by Gasteiger charge is -2.23. The summed E-state index contributed by atoms with van der Waals surface area (Å²) in [5.74, 6) is 0.335. The molecule has 0 radical (unpaired) electrons. The van der Waals surface area contributed by atoms with E-state index in [0.29, 0.717) is 27.9 Å². The van der Waals surface area contributed by atoms with Crippen LogP contribution in [0.15, 0.2) is 36.4 Å². The summed E-state index contributed by atoms with van der Waals surface area (Å²) in [5, 5.41) is 6.11. The number of nitrogens with one attached hydrogen (secondary N) is 2. The molecule has 0 unspecified atom stereocenters. The number of halogens is 1. The van der Waals surface area contributed by atoms with Crippen molar-refractivity contribution in [2.24, 2.45) is 5.41 Å². The molecule has 2 N–H and O–H groups in total. The minimum Gasteiger partial charge on any atom is -0.454 e. The molecule has 7 heteroatoms. The minimum atomic E-state index is -1.29. The van der Waals surface area contributed by atoms with E-state index in [-0.39, 0.29) is 6.79 Å². The zero-order chi connectivity index (χ0) is 18.9. The van der Waals surface area contributed by atoms with E-state index < -0.39 is 17.2 Å². The summed E-state index contributed by atoms with van der Waals surface area (Å²) in [6.45, 7) is 5.12. The first-order valence-electron chi connectivity index (χ1n) is 8.06. The predicted molar refractivity (Wildman–Crippen MR) is 99.8 cm³/mol. The topological polar surface area (TPSA) is 76.7 Å². The van der Waals surface area contributed by atoms with Crippen LogP contribution in [-0.4, -0.2) is 18.6 Å². The Balaban J connectivity index is 1.71. The van der Waals surface area contributed by atoms with E-state index >= 15 is 0 Å². The van der Waals surface area contributed by atoms with Gasteiger partial charge in [0.15, 0.2) is 11.5 Å². The van der Waals surface area contributed by atoms with Gasteiger partial charge >= 0.3 is 0 Å². The van der Waals surface area contributed by atoms with Crippen LogP contribution in [0.1, 0.15) is 19.4 Å². The normalized spacial score (nSPS) is 12.6. The van der Waals surface area contributed by atoms with Crippen molar-refractivity contribution in [2.75, 3.05) is 17.4 Å². The van der Waals surface area contributed by atoms with Gasteiger partial charge < -0.3 is 20.1 Å². The van der Waals surface area contributed by atoms with Gasteiger partial charge in [0.05, 0.1) is 0 Å². The number of ether oxygens (including phenoxy) is 2. The van der Waals surface area contributed by atoms with Gasteiger partial charge in [0, 0.05) is 22.5 Å². The SMILES string of the molecule is Cc1cc(Cl)ccc1NC(=O)C(C)(C)C(=O)Nc1ccc2c(c1)OCO2. The highest BCUT2D eigenvalue weighted by molar-refractivity contribution is 6.30. The summed E-state index contributed by atoms with van der Waals surface area (Å²) < 4.78 is 10.5. The molecule has 2 aromatic rings. The van der Waals surface area contributed by atoms with Gasteiger partial charge in [0.25, 0.3) is 0 Å². The molecule has 1 heterocycles. The molecule has 1 aliphatic heterocycles. The Hall–Kier alpha value is -2.73. The van der Waals surface area contributed by atoms with Gasteiger partial charge in [0.1, 0.15) is 5.41 Å². The number of hydrogen-bond acceptors (Lipinski definition) is 4. The van der Waals surface area contributed by atoms with E-state index in [4.69, 9.17) is 21.1 Å². The largest absolute Gasteiger partial charge is 0.454 e. The summed E-state index contributed by atoms with van der Waals surface area (Å²) in [6, 6.07) is 10.2. The quantitative estimate of drug-likeness (QED) is 0.793. The molecule has 0 bridgehead atoms. The molecule has 0 atom stereocenters. The molecule has 0 spiro atoms. The zero-order valence-electron chi connectivity index (χ0n) is 14.7. The third kappa shape index (κ3) is 3.60. The van der Waals surface area contributed by atoms with Gasteiger partial charge in [-0.2, -0.15) is 0 Å². The van der Waals surface area contributed by atoms with Crippen LogP contribution >= 0.6 is 11.6 Å². The van der Waals surface area contributed by atoms with Gasteiger partial charge in [-0.05, 0) is 56.7 Å². The van der Waals surface area contributed by atoms with Crippen LogP contribution in [-0.2, 0) is 9.59 Å². The summed E-state index contributed by atoms with van der Waals surface area (Å²) in [5.41, 5.74) is 0.673. The molecule has 1 aliphatic rings. The van der Waals surface area contributed by atoms with E-state index in [2.05, 4.69) is 10.6 Å². The molecule has 2 aromatic carbocycles. The molecule has 0 saturated heterocycles. The molecule has 136 valence electrons. The number of hydrogen-bond donors (Lipinski definition) is 2. The molecule has 0 fully saturated rings. The fraction of sp³-hybridized carbons (Fsp3) is 0.263. The Bertz CT molecular complexity index is 880. The van der Waals surface area contributed by atoms with Crippen LogP contribution in [0.5, 0.6) is 11.5 Å². The second-order valence-electron chi connectivity index (χ2n) is 6.56. The number of aryl methyl sites for hydroxylation is 1. The van der Waals surface area contributed by atoms with Crippen molar-refractivity contribution in [3.05, 3.63) is 47.0 Å². The van der Waals surface area contributed by atoms with Crippen LogP contribution in [0, 0.1) is 12.3 Å². The highest BCUT2D eigenvalue weighted by Gasteiger charge is 2.36. The minimum absolute atomic E-state index is 0.154. The third-order valence-corrected chi connectivity index (χ3v) is 4.44. The molecule has 0 aliphatic carbocycles. The second kappa shape index (κ2) is 6.88. The summed E-state index contributed by atoms with van der Waals surface area (Å²) in [7, 11) is 0. The van der Waals surface area contributed by atoms with Crippen LogP contribution in [0.3, 0.4) is 0 Å². The van der Waals surface area contributed by atoms with Gasteiger partial charge in [-0.25, -0.2) is 0 Å². The summed E-state index contributed by atoms with van der Waals surface area (Å²) in [4.78, 5) is 25.3. The number of fused-ring (bicyclic) bond motifs is 1. The number of amides is 2. The average Bonchev–Trinajstić information content (AvgIpc) is 3.04. The fourth-order valence-corrected chi connectivity index (χ4v) is 2.64. The standard InChI is InChI=1S/C19H19ClN2O4/c1-11-8-12(20)4-6-14(11)22-18(24)19(2,3)17(23)21-13-5-7-15-16(9-13)26-10-25-15/h4-9H,10H2,1-3H3,(H,21,23)(H,22,24). The Morgan fingerprint density at radius 2 is 1.69 bits per heavy atom. The van der Waals surface area contributed by atoms with Crippen molar-refractivity contribution < 1.29 is 19.1 Å². The number of benzene rings is 2. The lowest BCUT2D eigenvalue weighted by molar-refractivity contribution is -0.135. The van der Waals surface area contributed by atoms with Crippen molar-refractivity contribution in [2.45, 2.75) is 20.8 Å². The van der Waals surface area contributed by atoms with E-state index in [1.54, 1.807) is 50.2 Å². The first-order valence-corrected chi connectivity index (χ1v) is 8.44. The average molecular weight is 375 g/mol. The van der Waals surface area contributed by atoms with E-state index in [1.807, 2.05) is 6.92 Å². The first kappa shape index (κ1) is 18.1. The predicted octanol–water partition coefficient (Wildman–Crippen LogP) is 3.98. The van der Waals surface area contributed by atoms with Crippen molar-refractivity contribution in [3.63, 3.8) is 0 Å². The maximum absolute atomic E-state index is 12.6. The van der Waals surface area contributed by atoms with Crippen molar-refractivity contribution in [1.82, 2.24) is 0 Å².